The van der Waals surface area contributed by atoms with E-state index in [1.54, 1.807) is 36.0 Å². The van der Waals surface area contributed by atoms with E-state index in [1.165, 1.54) is 0 Å². The molecule has 4 aromatic carbocycles. The van der Waals surface area contributed by atoms with E-state index >= 15 is 0 Å². The molecular formula is C28H23N3O4. The topological polar surface area (TPSA) is 93.4 Å². The number of aromatic carboxylic acids is 1. The summed E-state index contributed by atoms with van der Waals surface area (Å²) in [6, 6.07) is 26.2. The number of aromatic nitrogens is 2. The number of ether oxygens (including phenoxy) is 1. The minimum absolute atomic E-state index is 0.246. The van der Waals surface area contributed by atoms with Crippen LogP contribution >= 0.6 is 0 Å². The van der Waals surface area contributed by atoms with Gasteiger partial charge in [-0.25, -0.2) is 9.59 Å². The minimum Gasteiger partial charge on any atom is -0.478 e. The maximum atomic E-state index is 12.7. The summed E-state index contributed by atoms with van der Waals surface area (Å²) >= 11 is 0. The summed E-state index contributed by atoms with van der Waals surface area (Å²) in [5, 5.41) is 19.3. The van der Waals surface area contributed by atoms with Gasteiger partial charge < -0.3 is 9.84 Å². The molecular weight excluding hydrogens is 442 g/mol. The molecule has 0 aliphatic heterocycles. The van der Waals surface area contributed by atoms with Crippen LogP contribution in [0.15, 0.2) is 84.9 Å². The van der Waals surface area contributed by atoms with Gasteiger partial charge in [0.05, 0.1) is 16.5 Å². The summed E-state index contributed by atoms with van der Waals surface area (Å²) in [4.78, 5) is 23.9. The van der Waals surface area contributed by atoms with Gasteiger partial charge in [0.25, 0.3) is 0 Å². The molecule has 0 spiro atoms. The van der Waals surface area contributed by atoms with Crippen LogP contribution in [0.1, 0.15) is 28.9 Å². The Morgan fingerprint density at radius 1 is 0.943 bits per heavy atom. The molecule has 0 bridgehead atoms. The highest BCUT2D eigenvalue weighted by Gasteiger charge is 2.18. The number of amides is 1. The van der Waals surface area contributed by atoms with Crippen LogP contribution in [0.2, 0.25) is 0 Å². The highest BCUT2D eigenvalue weighted by Crippen LogP contribution is 2.34. The predicted octanol–water partition coefficient (Wildman–Crippen LogP) is 6.40. The Labute approximate surface area is 201 Å². The summed E-state index contributed by atoms with van der Waals surface area (Å²) in [5.74, 6) is -0.403. The highest BCUT2D eigenvalue weighted by molar-refractivity contribution is 6.14. The smallest absolute Gasteiger partial charge is 0.413 e. The van der Waals surface area contributed by atoms with Gasteiger partial charge in [-0.2, -0.15) is 5.10 Å². The molecule has 7 heteroatoms. The number of carboxylic acids is 1. The number of hydrogen-bond acceptors (Lipinski definition) is 4. The zero-order valence-electron chi connectivity index (χ0n) is 19.2. The molecule has 0 fully saturated rings. The lowest BCUT2D eigenvalue weighted by molar-refractivity contribution is 0.0696. The third-order valence-corrected chi connectivity index (χ3v) is 6.05. The summed E-state index contributed by atoms with van der Waals surface area (Å²) in [6.07, 6.45) is -0.957. The van der Waals surface area contributed by atoms with E-state index in [0.29, 0.717) is 5.82 Å². The molecule has 0 aliphatic rings. The molecule has 35 heavy (non-hydrogen) atoms. The van der Waals surface area contributed by atoms with E-state index in [2.05, 4.69) is 10.4 Å². The van der Waals surface area contributed by atoms with Gasteiger partial charge in [0.15, 0.2) is 0 Å². The Kier molecular flexibility index (Phi) is 5.66. The number of nitrogens with one attached hydrogen (secondary N) is 1. The minimum atomic E-state index is -0.953. The van der Waals surface area contributed by atoms with E-state index in [1.807, 2.05) is 67.6 Å². The number of rotatable bonds is 5. The molecule has 174 valence electrons. The number of benzene rings is 4. The van der Waals surface area contributed by atoms with Crippen molar-refractivity contribution >= 4 is 39.6 Å². The van der Waals surface area contributed by atoms with Crippen LogP contribution in [0.4, 0.5) is 10.6 Å². The quantitative estimate of drug-likeness (QED) is 0.313. The summed E-state index contributed by atoms with van der Waals surface area (Å²) in [6.45, 7) is 1.83. The third-order valence-electron chi connectivity index (χ3n) is 6.05. The summed E-state index contributed by atoms with van der Waals surface area (Å²) in [7, 11) is 1.78. The number of hydrogen-bond donors (Lipinski definition) is 2. The standard InChI is InChI=1S/C28H23N3O4/c1-17(18-6-4-3-5-7-18)35-28(34)29-26-25-23-14-12-21(19-8-10-20(11-9-19)27(32)33)16-22(23)13-15-24(25)30-31(26)2/h3-17H,1-2H3,(H,29,34)(H,32,33). The number of carboxylic acid groups (broad SMARTS) is 1. The third kappa shape index (κ3) is 4.31. The molecule has 0 saturated heterocycles. The molecule has 5 aromatic rings. The number of aryl methyl sites for hydroxylation is 1. The Balaban J connectivity index is 1.47. The first kappa shape index (κ1) is 22.2. The van der Waals surface area contributed by atoms with Gasteiger partial charge in [-0.3, -0.25) is 10.00 Å². The van der Waals surface area contributed by atoms with Crippen molar-refractivity contribution in [1.82, 2.24) is 9.78 Å². The van der Waals surface area contributed by atoms with Gasteiger partial charge in [-0.05, 0) is 58.7 Å². The molecule has 1 heterocycles. The Morgan fingerprint density at radius 2 is 1.66 bits per heavy atom. The monoisotopic (exact) mass is 465 g/mol. The van der Waals surface area contributed by atoms with Crippen LogP contribution in [-0.4, -0.2) is 26.9 Å². The van der Waals surface area contributed by atoms with Crippen LogP contribution in [-0.2, 0) is 11.8 Å². The van der Waals surface area contributed by atoms with Crippen LogP contribution in [0, 0.1) is 0 Å². The average molecular weight is 466 g/mol. The second-order valence-corrected chi connectivity index (χ2v) is 8.33. The second kappa shape index (κ2) is 8.95. The predicted molar refractivity (Wildman–Crippen MR) is 136 cm³/mol. The molecule has 1 amide bonds. The first-order chi connectivity index (χ1) is 16.9. The van der Waals surface area contributed by atoms with Gasteiger partial charge >= 0.3 is 12.1 Å². The Hall–Kier alpha value is -4.65. The molecule has 0 aliphatic carbocycles. The first-order valence-corrected chi connectivity index (χ1v) is 11.2. The molecule has 5 rings (SSSR count). The van der Waals surface area contributed by atoms with Gasteiger partial charge in [-0.15, -0.1) is 0 Å². The SMILES string of the molecule is CC(OC(=O)Nc1c2c(ccc3cc(-c4ccc(C(=O)O)cc4)ccc32)nn1C)c1ccccc1. The van der Waals surface area contributed by atoms with Crippen molar-refractivity contribution in [3.8, 4) is 11.1 Å². The zero-order valence-corrected chi connectivity index (χ0v) is 19.2. The van der Waals surface area contributed by atoms with Gasteiger partial charge in [0.2, 0.25) is 0 Å². The van der Waals surface area contributed by atoms with Crippen molar-refractivity contribution in [3.05, 3.63) is 96.1 Å². The normalized spacial score (nSPS) is 11.9. The number of nitrogens with zero attached hydrogens (tertiary/aromatic N) is 2. The Morgan fingerprint density at radius 3 is 2.37 bits per heavy atom. The van der Waals surface area contributed by atoms with Gasteiger partial charge in [-0.1, -0.05) is 60.7 Å². The molecule has 1 unspecified atom stereocenters. The van der Waals surface area contributed by atoms with Crippen molar-refractivity contribution in [2.45, 2.75) is 13.0 Å². The number of anilines is 1. The molecule has 0 saturated carbocycles. The number of carbonyl (C=O) groups excluding carboxylic acids is 1. The van der Waals surface area contributed by atoms with Gasteiger partial charge in [0, 0.05) is 7.05 Å². The lowest BCUT2D eigenvalue weighted by Crippen LogP contribution is -2.18. The first-order valence-electron chi connectivity index (χ1n) is 11.2. The average Bonchev–Trinajstić information content (AvgIpc) is 3.19. The van der Waals surface area contributed by atoms with Crippen LogP contribution < -0.4 is 5.32 Å². The molecule has 0 radical (unpaired) electrons. The largest absolute Gasteiger partial charge is 0.478 e. The second-order valence-electron chi connectivity index (χ2n) is 8.33. The fourth-order valence-electron chi connectivity index (χ4n) is 4.23. The maximum absolute atomic E-state index is 12.7. The van der Waals surface area contributed by atoms with E-state index in [-0.39, 0.29) is 5.56 Å². The number of fused-ring (bicyclic) bond motifs is 3. The lowest BCUT2D eigenvalue weighted by Gasteiger charge is -2.14. The fourth-order valence-corrected chi connectivity index (χ4v) is 4.23. The van der Waals surface area contributed by atoms with Crippen LogP contribution in [0.3, 0.4) is 0 Å². The van der Waals surface area contributed by atoms with E-state index < -0.39 is 18.2 Å². The fraction of sp³-hybridized carbons (Fsp3) is 0.107. The van der Waals surface area contributed by atoms with Gasteiger partial charge in [0.1, 0.15) is 11.9 Å². The van der Waals surface area contributed by atoms with E-state index in [4.69, 9.17) is 9.84 Å². The van der Waals surface area contributed by atoms with Crippen LogP contribution in [0.5, 0.6) is 0 Å². The molecule has 1 atom stereocenters. The highest BCUT2D eigenvalue weighted by atomic mass is 16.6. The Bertz CT molecular complexity index is 1560. The lowest BCUT2D eigenvalue weighted by atomic mass is 9.98. The van der Waals surface area contributed by atoms with Crippen molar-refractivity contribution in [1.29, 1.82) is 0 Å². The zero-order chi connectivity index (χ0) is 24.5. The molecule has 1 aromatic heterocycles. The van der Waals surface area contributed by atoms with Crippen molar-refractivity contribution < 1.29 is 19.4 Å². The molecule has 2 N–H and O–H groups in total. The van der Waals surface area contributed by atoms with Crippen molar-refractivity contribution in [2.24, 2.45) is 7.05 Å². The van der Waals surface area contributed by atoms with E-state index in [9.17, 15) is 9.59 Å². The summed E-state index contributed by atoms with van der Waals surface area (Å²) in [5.41, 5.74) is 3.79. The molecule has 7 nitrogen and oxygen atoms in total. The number of carbonyl (C=O) groups is 2. The maximum Gasteiger partial charge on any atom is 0.413 e. The summed E-state index contributed by atoms with van der Waals surface area (Å²) < 4.78 is 7.23. The van der Waals surface area contributed by atoms with E-state index in [0.717, 1.165) is 38.4 Å². The van der Waals surface area contributed by atoms with Crippen molar-refractivity contribution in [2.75, 3.05) is 5.32 Å². The van der Waals surface area contributed by atoms with Crippen molar-refractivity contribution in [3.63, 3.8) is 0 Å². The van der Waals surface area contributed by atoms with Crippen LogP contribution in [0.25, 0.3) is 32.8 Å².